The van der Waals surface area contributed by atoms with Crippen LogP contribution in [0, 0.1) is 11.3 Å². The Balaban J connectivity index is 2.05. The van der Waals surface area contributed by atoms with Crippen LogP contribution < -0.4 is 5.73 Å². The summed E-state index contributed by atoms with van der Waals surface area (Å²) >= 11 is 17.9. The summed E-state index contributed by atoms with van der Waals surface area (Å²) in [6.07, 6.45) is -5.45. The lowest BCUT2D eigenvalue weighted by molar-refractivity contribution is -0.275. The zero-order valence-corrected chi connectivity index (χ0v) is 16.2. The normalized spacial score (nSPS) is 19.1. The molecule has 146 valence electrons. The van der Waals surface area contributed by atoms with E-state index in [2.05, 4.69) is 5.16 Å². The van der Waals surface area contributed by atoms with Crippen molar-refractivity contribution in [3.05, 3.63) is 62.1 Å². The van der Waals surface area contributed by atoms with Gasteiger partial charge in [-0.1, -0.05) is 52.1 Å². The second kappa shape index (κ2) is 7.36. The Morgan fingerprint density at radius 1 is 1.18 bits per heavy atom. The van der Waals surface area contributed by atoms with Crippen LogP contribution in [0.15, 0.2) is 35.5 Å². The monoisotopic (exact) mass is 447 g/mol. The number of halogens is 6. The average molecular weight is 449 g/mol. The molecule has 2 N–H and O–H groups in total. The number of nitriles is 1. The van der Waals surface area contributed by atoms with Crippen LogP contribution in [-0.2, 0) is 16.9 Å². The van der Waals surface area contributed by atoms with Gasteiger partial charge in [-0.05, 0) is 23.8 Å². The van der Waals surface area contributed by atoms with Crippen molar-refractivity contribution in [2.45, 2.75) is 24.6 Å². The van der Waals surface area contributed by atoms with Gasteiger partial charge >= 0.3 is 6.18 Å². The van der Waals surface area contributed by atoms with Crippen molar-refractivity contribution >= 4 is 46.2 Å². The highest BCUT2D eigenvalue weighted by atomic mass is 35.5. The summed E-state index contributed by atoms with van der Waals surface area (Å²) in [6.45, 7) is 0. The van der Waals surface area contributed by atoms with E-state index in [1.165, 1.54) is 18.2 Å². The van der Waals surface area contributed by atoms with Crippen molar-refractivity contribution in [1.29, 1.82) is 5.26 Å². The predicted molar refractivity (Wildman–Crippen MR) is 102 cm³/mol. The van der Waals surface area contributed by atoms with Crippen molar-refractivity contribution in [3.63, 3.8) is 0 Å². The van der Waals surface area contributed by atoms with Gasteiger partial charge in [0.25, 0.3) is 5.60 Å². The molecule has 28 heavy (non-hydrogen) atoms. The van der Waals surface area contributed by atoms with E-state index in [0.717, 1.165) is 12.1 Å². The molecular weight excluding hydrogens is 438 g/mol. The second-order valence-electron chi connectivity index (χ2n) is 6.12. The zero-order chi connectivity index (χ0) is 20.7. The van der Waals surface area contributed by atoms with E-state index in [1.807, 2.05) is 6.07 Å². The lowest BCUT2D eigenvalue weighted by atomic mass is 9.86. The van der Waals surface area contributed by atoms with Crippen LogP contribution in [0.3, 0.4) is 0 Å². The smallest absolute Gasteiger partial charge is 0.397 e. The molecule has 2 aromatic carbocycles. The molecular formula is C18H11Cl3F3N3O. The largest absolute Gasteiger partial charge is 0.435 e. The summed E-state index contributed by atoms with van der Waals surface area (Å²) in [5, 5.41) is 12.6. The fourth-order valence-electron chi connectivity index (χ4n) is 2.95. The van der Waals surface area contributed by atoms with Gasteiger partial charge in [0, 0.05) is 21.2 Å². The topological polar surface area (TPSA) is 71.4 Å². The van der Waals surface area contributed by atoms with Crippen LogP contribution >= 0.6 is 34.8 Å². The van der Waals surface area contributed by atoms with Crippen LogP contribution in [-0.4, -0.2) is 11.9 Å². The van der Waals surface area contributed by atoms with E-state index >= 15 is 0 Å². The van der Waals surface area contributed by atoms with Crippen LogP contribution in [0.2, 0.25) is 15.1 Å². The minimum atomic E-state index is -4.81. The van der Waals surface area contributed by atoms with Gasteiger partial charge in [0.05, 0.1) is 35.3 Å². The lowest BCUT2D eigenvalue weighted by Gasteiger charge is -2.29. The summed E-state index contributed by atoms with van der Waals surface area (Å²) in [5.74, 6) is 0. The molecule has 0 fully saturated rings. The van der Waals surface area contributed by atoms with Crippen LogP contribution in [0.25, 0.3) is 0 Å². The Morgan fingerprint density at radius 3 is 2.39 bits per heavy atom. The van der Waals surface area contributed by atoms with Crippen LogP contribution in [0.5, 0.6) is 0 Å². The van der Waals surface area contributed by atoms with Gasteiger partial charge in [0.15, 0.2) is 0 Å². The van der Waals surface area contributed by atoms with E-state index in [4.69, 9.17) is 50.6 Å². The molecule has 0 saturated carbocycles. The summed E-state index contributed by atoms with van der Waals surface area (Å²) in [6, 6.07) is 8.50. The molecule has 0 aromatic heterocycles. The fourth-order valence-corrected chi connectivity index (χ4v) is 3.70. The molecule has 0 aliphatic carbocycles. The average Bonchev–Trinajstić information content (AvgIpc) is 3.05. The van der Waals surface area contributed by atoms with Crippen LogP contribution in [0.4, 0.5) is 18.9 Å². The molecule has 0 bridgehead atoms. The Kier molecular flexibility index (Phi) is 5.41. The Bertz CT molecular complexity index is 997. The molecule has 0 amide bonds. The van der Waals surface area contributed by atoms with Crippen molar-refractivity contribution in [2.75, 3.05) is 5.73 Å². The molecule has 1 aliphatic rings. The van der Waals surface area contributed by atoms with Crippen molar-refractivity contribution in [2.24, 2.45) is 5.16 Å². The van der Waals surface area contributed by atoms with E-state index < -0.39 is 18.2 Å². The van der Waals surface area contributed by atoms with E-state index in [9.17, 15) is 13.2 Å². The van der Waals surface area contributed by atoms with Crippen molar-refractivity contribution in [3.8, 4) is 6.07 Å². The molecule has 1 atom stereocenters. The third-order valence-corrected chi connectivity index (χ3v) is 5.24. The maximum absolute atomic E-state index is 14.0. The molecule has 4 nitrogen and oxygen atoms in total. The molecule has 0 saturated heterocycles. The van der Waals surface area contributed by atoms with Crippen molar-refractivity contribution < 1.29 is 18.0 Å². The van der Waals surface area contributed by atoms with Crippen molar-refractivity contribution in [1.82, 2.24) is 0 Å². The summed E-state index contributed by atoms with van der Waals surface area (Å²) in [7, 11) is 0. The minimum Gasteiger partial charge on any atom is -0.397 e. The van der Waals surface area contributed by atoms with Gasteiger partial charge in [-0.3, -0.25) is 0 Å². The quantitative estimate of drug-likeness (QED) is 0.596. The first-order chi connectivity index (χ1) is 13.1. The third-order valence-electron chi connectivity index (χ3n) is 4.36. The number of nitrogens with zero attached hydrogens (tertiary/aromatic N) is 2. The minimum absolute atomic E-state index is 0.0137. The molecule has 1 aliphatic heterocycles. The van der Waals surface area contributed by atoms with Gasteiger partial charge in [0.2, 0.25) is 0 Å². The SMILES string of the molecule is N#CCc1ccc(C2=NOC(c3cc(Cl)cc(Cl)c3)(C(F)(F)F)C2)c(N)c1Cl. The molecule has 1 heterocycles. The number of anilines is 1. The summed E-state index contributed by atoms with van der Waals surface area (Å²) in [4.78, 5) is 4.94. The predicted octanol–water partition coefficient (Wildman–Crippen LogP) is 5.88. The number of nitrogens with two attached hydrogens (primary N) is 1. The first-order valence-corrected chi connectivity index (χ1v) is 8.95. The summed E-state index contributed by atoms with van der Waals surface area (Å²) in [5.41, 5.74) is 3.60. The second-order valence-corrected chi connectivity index (χ2v) is 7.37. The Labute approximate surface area is 173 Å². The number of benzene rings is 2. The van der Waals surface area contributed by atoms with E-state index in [1.54, 1.807) is 0 Å². The molecule has 0 spiro atoms. The standard InChI is InChI=1S/C18H11Cl3F3N3O/c19-11-5-10(6-12(20)7-11)17(18(22,23)24)8-14(27-28-17)13-2-1-9(3-4-25)15(21)16(13)26/h1-2,5-7H,3,8,26H2. The number of oxime groups is 1. The first kappa shape index (κ1) is 20.6. The molecule has 1 unspecified atom stereocenters. The number of nitrogen functional groups attached to an aromatic ring is 1. The number of hydrogen-bond acceptors (Lipinski definition) is 4. The third kappa shape index (κ3) is 3.48. The highest BCUT2D eigenvalue weighted by Gasteiger charge is 2.62. The first-order valence-electron chi connectivity index (χ1n) is 7.81. The number of alkyl halides is 3. The molecule has 0 radical (unpaired) electrons. The maximum atomic E-state index is 14.0. The molecule has 3 rings (SSSR count). The number of rotatable bonds is 3. The highest BCUT2D eigenvalue weighted by molar-refractivity contribution is 6.35. The van der Waals surface area contributed by atoms with Gasteiger partial charge < -0.3 is 10.6 Å². The molecule has 10 heteroatoms. The van der Waals surface area contributed by atoms with Crippen LogP contribution in [0.1, 0.15) is 23.1 Å². The van der Waals surface area contributed by atoms with E-state index in [0.29, 0.717) is 5.56 Å². The Hall–Kier alpha value is -2.14. The highest BCUT2D eigenvalue weighted by Crippen LogP contribution is 2.50. The van der Waals surface area contributed by atoms with Gasteiger partial charge in [-0.25, -0.2) is 0 Å². The zero-order valence-electron chi connectivity index (χ0n) is 13.9. The van der Waals surface area contributed by atoms with Gasteiger partial charge in [-0.15, -0.1) is 0 Å². The summed E-state index contributed by atoms with van der Waals surface area (Å²) < 4.78 is 42.1. The van der Waals surface area contributed by atoms with Gasteiger partial charge in [-0.2, -0.15) is 18.4 Å². The Morgan fingerprint density at radius 2 is 1.82 bits per heavy atom. The van der Waals surface area contributed by atoms with Gasteiger partial charge in [0.1, 0.15) is 0 Å². The molecule has 2 aromatic rings. The number of hydrogen-bond donors (Lipinski definition) is 1. The fraction of sp³-hybridized carbons (Fsp3) is 0.222. The van der Waals surface area contributed by atoms with E-state index in [-0.39, 0.29) is 44.0 Å². The maximum Gasteiger partial charge on any atom is 0.435 e. The lowest BCUT2D eigenvalue weighted by Crippen LogP contribution is -2.42.